The van der Waals surface area contributed by atoms with Gasteiger partial charge in [0.1, 0.15) is 0 Å². The minimum Gasteiger partial charge on any atom is -0.265 e. The van der Waals surface area contributed by atoms with Gasteiger partial charge in [0.15, 0.2) is 5.82 Å². The van der Waals surface area contributed by atoms with Crippen LogP contribution in [0.3, 0.4) is 0 Å². The Labute approximate surface area is 143 Å². The van der Waals surface area contributed by atoms with Gasteiger partial charge in [-0.15, -0.1) is 5.10 Å². The number of benzene rings is 2. The zero-order chi connectivity index (χ0) is 16.6. The first-order chi connectivity index (χ1) is 12.4. The van der Waals surface area contributed by atoms with Crippen molar-refractivity contribution < 1.29 is 0 Å². The lowest BCUT2D eigenvalue weighted by Gasteiger charge is -2.05. The van der Waals surface area contributed by atoms with Crippen LogP contribution in [0.25, 0.3) is 39.2 Å². The van der Waals surface area contributed by atoms with E-state index >= 15 is 0 Å². The van der Waals surface area contributed by atoms with E-state index < -0.39 is 0 Å². The lowest BCUT2D eigenvalue weighted by molar-refractivity contribution is 0.951. The van der Waals surface area contributed by atoms with Crippen molar-refractivity contribution in [2.24, 2.45) is 0 Å². The van der Waals surface area contributed by atoms with Crippen LogP contribution in [-0.2, 0) is 0 Å². The van der Waals surface area contributed by atoms with Gasteiger partial charge >= 0.3 is 0 Å². The van der Waals surface area contributed by atoms with E-state index in [9.17, 15) is 0 Å². The molecule has 0 amide bonds. The Balaban J connectivity index is 1.71. The van der Waals surface area contributed by atoms with Gasteiger partial charge in [-0.25, -0.2) is 4.98 Å². The van der Waals surface area contributed by atoms with Crippen molar-refractivity contribution in [1.82, 2.24) is 24.6 Å². The van der Waals surface area contributed by atoms with Crippen LogP contribution in [-0.4, -0.2) is 24.6 Å². The third-order valence-electron chi connectivity index (χ3n) is 4.22. The largest absolute Gasteiger partial charge is 0.265 e. The van der Waals surface area contributed by atoms with Gasteiger partial charge in [0, 0.05) is 29.7 Å². The molecule has 3 aromatic heterocycles. The molecule has 5 rings (SSSR count). The number of fused-ring (bicyclic) bond motifs is 2. The molecule has 5 nitrogen and oxygen atoms in total. The predicted molar refractivity (Wildman–Crippen MR) is 97.0 cm³/mol. The first-order valence-corrected chi connectivity index (χ1v) is 8.00. The van der Waals surface area contributed by atoms with Crippen LogP contribution < -0.4 is 0 Å². The summed E-state index contributed by atoms with van der Waals surface area (Å²) in [5.41, 5.74) is 2.96. The molecule has 2 aromatic carbocycles. The van der Waals surface area contributed by atoms with Crippen molar-refractivity contribution >= 4 is 16.6 Å². The smallest absolute Gasteiger partial charge is 0.253 e. The Morgan fingerprint density at radius 1 is 0.720 bits per heavy atom. The van der Waals surface area contributed by atoms with Crippen molar-refractivity contribution in [3.8, 4) is 22.6 Å². The van der Waals surface area contributed by atoms with Gasteiger partial charge < -0.3 is 0 Å². The van der Waals surface area contributed by atoms with Gasteiger partial charge in [-0.05, 0) is 35.0 Å². The van der Waals surface area contributed by atoms with Crippen LogP contribution in [0.15, 0.2) is 79.3 Å². The molecule has 0 aliphatic heterocycles. The molecule has 5 heteroatoms. The van der Waals surface area contributed by atoms with Crippen molar-refractivity contribution in [1.29, 1.82) is 0 Å². The summed E-state index contributed by atoms with van der Waals surface area (Å²) in [6.07, 6.45) is 5.24. The predicted octanol–water partition coefficient (Wildman–Crippen LogP) is 4.01. The molecule has 0 fully saturated rings. The standard InChI is InChI=1S/C20H13N5/c1-2-4-16-13-17(6-5-14(16)3-1)18-9-12-22-20-23-19(24-25(18)20)15-7-10-21-11-8-15/h1-13H. The molecule has 0 aliphatic rings. The molecule has 5 aromatic rings. The fraction of sp³-hybridized carbons (Fsp3) is 0. The average molecular weight is 323 g/mol. The zero-order valence-electron chi connectivity index (χ0n) is 13.2. The van der Waals surface area contributed by atoms with Crippen LogP contribution >= 0.6 is 0 Å². The Hall–Kier alpha value is -3.60. The highest BCUT2D eigenvalue weighted by Gasteiger charge is 2.11. The Morgan fingerprint density at radius 3 is 2.44 bits per heavy atom. The van der Waals surface area contributed by atoms with Crippen LogP contribution in [0.2, 0.25) is 0 Å². The van der Waals surface area contributed by atoms with Gasteiger partial charge in [0.2, 0.25) is 0 Å². The Morgan fingerprint density at radius 2 is 1.56 bits per heavy atom. The van der Waals surface area contributed by atoms with Crippen molar-refractivity contribution in [2.45, 2.75) is 0 Å². The minimum atomic E-state index is 0.581. The molecule has 0 unspecified atom stereocenters. The quantitative estimate of drug-likeness (QED) is 0.492. The fourth-order valence-corrected chi connectivity index (χ4v) is 2.98. The molecule has 0 N–H and O–H groups in total. The molecular weight excluding hydrogens is 310 g/mol. The Bertz CT molecular complexity index is 1190. The summed E-state index contributed by atoms with van der Waals surface area (Å²) in [6, 6.07) is 20.5. The van der Waals surface area contributed by atoms with Gasteiger partial charge in [-0.2, -0.15) is 9.50 Å². The average Bonchev–Trinajstić information content (AvgIpc) is 3.13. The Kier molecular flexibility index (Phi) is 3.03. The van der Waals surface area contributed by atoms with E-state index in [0.717, 1.165) is 16.8 Å². The van der Waals surface area contributed by atoms with E-state index in [-0.39, 0.29) is 0 Å². The second-order valence-electron chi connectivity index (χ2n) is 5.78. The van der Waals surface area contributed by atoms with Crippen molar-refractivity contribution in [2.75, 3.05) is 0 Å². The number of pyridine rings is 1. The van der Waals surface area contributed by atoms with Crippen LogP contribution in [0, 0.1) is 0 Å². The summed E-state index contributed by atoms with van der Waals surface area (Å²) in [7, 11) is 0. The summed E-state index contributed by atoms with van der Waals surface area (Å²) in [4.78, 5) is 12.9. The molecule has 0 spiro atoms. The number of nitrogens with zero attached hydrogens (tertiary/aromatic N) is 5. The minimum absolute atomic E-state index is 0.581. The maximum atomic E-state index is 4.65. The van der Waals surface area contributed by atoms with Gasteiger partial charge in [-0.3, -0.25) is 4.98 Å². The van der Waals surface area contributed by atoms with Crippen LogP contribution in [0.4, 0.5) is 0 Å². The highest BCUT2D eigenvalue weighted by molar-refractivity contribution is 5.86. The lowest BCUT2D eigenvalue weighted by Crippen LogP contribution is -1.96. The van der Waals surface area contributed by atoms with Gasteiger partial charge in [-0.1, -0.05) is 36.4 Å². The van der Waals surface area contributed by atoms with E-state index in [0.29, 0.717) is 11.6 Å². The van der Waals surface area contributed by atoms with E-state index in [1.165, 1.54) is 10.8 Å². The molecule has 118 valence electrons. The third-order valence-corrected chi connectivity index (χ3v) is 4.22. The molecule has 3 heterocycles. The first-order valence-electron chi connectivity index (χ1n) is 8.00. The van der Waals surface area contributed by atoms with E-state index in [1.54, 1.807) is 23.1 Å². The second-order valence-corrected chi connectivity index (χ2v) is 5.78. The monoisotopic (exact) mass is 323 g/mol. The lowest BCUT2D eigenvalue weighted by atomic mass is 10.1. The summed E-state index contributed by atoms with van der Waals surface area (Å²) in [5.74, 6) is 1.22. The SMILES string of the molecule is c1ccc2cc(-c3ccnc4nc(-c5ccncc5)nn34)ccc2c1. The molecule has 0 saturated carbocycles. The summed E-state index contributed by atoms with van der Waals surface area (Å²) in [5, 5.41) is 7.06. The third kappa shape index (κ3) is 2.33. The maximum absolute atomic E-state index is 4.65. The number of hydrogen-bond donors (Lipinski definition) is 0. The molecule has 25 heavy (non-hydrogen) atoms. The first kappa shape index (κ1) is 13.8. The number of aromatic nitrogens is 5. The maximum Gasteiger partial charge on any atom is 0.253 e. The normalized spacial score (nSPS) is 11.2. The van der Waals surface area contributed by atoms with E-state index in [2.05, 4.69) is 50.4 Å². The molecule has 0 bridgehead atoms. The summed E-state index contributed by atoms with van der Waals surface area (Å²) < 4.78 is 1.79. The van der Waals surface area contributed by atoms with E-state index in [1.807, 2.05) is 30.3 Å². The molecule has 0 saturated heterocycles. The van der Waals surface area contributed by atoms with Crippen LogP contribution in [0.1, 0.15) is 0 Å². The highest BCUT2D eigenvalue weighted by Crippen LogP contribution is 2.25. The molecule has 0 atom stereocenters. The molecule has 0 radical (unpaired) electrons. The van der Waals surface area contributed by atoms with Gasteiger partial charge in [0.25, 0.3) is 5.78 Å². The second kappa shape index (κ2) is 5.49. The summed E-state index contributed by atoms with van der Waals surface area (Å²) >= 11 is 0. The van der Waals surface area contributed by atoms with Crippen molar-refractivity contribution in [3.63, 3.8) is 0 Å². The fourth-order valence-electron chi connectivity index (χ4n) is 2.98. The van der Waals surface area contributed by atoms with Crippen LogP contribution in [0.5, 0.6) is 0 Å². The molecular formula is C20H13N5. The molecule has 0 aliphatic carbocycles. The van der Waals surface area contributed by atoms with E-state index in [4.69, 9.17) is 0 Å². The summed E-state index contributed by atoms with van der Waals surface area (Å²) in [6.45, 7) is 0. The van der Waals surface area contributed by atoms with Gasteiger partial charge in [0.05, 0.1) is 5.69 Å². The number of hydrogen-bond acceptors (Lipinski definition) is 4. The van der Waals surface area contributed by atoms with Crippen molar-refractivity contribution in [3.05, 3.63) is 79.3 Å². The topological polar surface area (TPSA) is 56.0 Å². The zero-order valence-corrected chi connectivity index (χ0v) is 13.2. The number of rotatable bonds is 2. The highest BCUT2D eigenvalue weighted by atomic mass is 15.3.